The van der Waals surface area contributed by atoms with Gasteiger partial charge in [-0.1, -0.05) is 32.1 Å². The third-order valence-corrected chi connectivity index (χ3v) is 7.24. The van der Waals surface area contributed by atoms with Crippen molar-refractivity contribution in [3.05, 3.63) is 68.6 Å². The normalized spacial score (nSPS) is 17.6. The van der Waals surface area contributed by atoms with Crippen molar-refractivity contribution in [1.82, 2.24) is 9.88 Å². The molecule has 1 heterocycles. The van der Waals surface area contributed by atoms with Crippen LogP contribution in [0.5, 0.6) is 0 Å². The second-order valence-corrected chi connectivity index (χ2v) is 9.70. The molecular formula is C27H32F2N2O4. The van der Waals surface area contributed by atoms with Gasteiger partial charge in [-0.2, -0.15) is 0 Å². The monoisotopic (exact) mass is 486 g/mol. The summed E-state index contributed by atoms with van der Waals surface area (Å²) < 4.78 is 34.2. The average Bonchev–Trinajstić information content (AvgIpc) is 2.81. The molecule has 1 saturated carbocycles. The van der Waals surface area contributed by atoms with Crippen LogP contribution in [-0.4, -0.2) is 29.1 Å². The zero-order valence-electron chi connectivity index (χ0n) is 20.1. The number of carbonyl (C=O) groups is 2. The van der Waals surface area contributed by atoms with E-state index in [2.05, 4.69) is 5.32 Å². The number of fused-ring (bicyclic) bond motifs is 1. The number of nitrogens with one attached hydrogen (secondary N) is 1. The minimum Gasteiger partial charge on any atom is -0.467 e. The number of pyridine rings is 1. The minimum atomic E-state index is -1.16. The van der Waals surface area contributed by atoms with E-state index in [1.807, 2.05) is 0 Å². The van der Waals surface area contributed by atoms with Crippen molar-refractivity contribution in [2.24, 2.45) is 0 Å². The summed E-state index contributed by atoms with van der Waals surface area (Å²) in [7, 11) is 1.29. The van der Waals surface area contributed by atoms with E-state index in [9.17, 15) is 23.2 Å². The first kappa shape index (κ1) is 25.1. The van der Waals surface area contributed by atoms with Crippen molar-refractivity contribution in [3.8, 4) is 0 Å². The Morgan fingerprint density at radius 3 is 2.23 bits per heavy atom. The first-order chi connectivity index (χ1) is 16.8. The summed E-state index contributed by atoms with van der Waals surface area (Å²) in [5.41, 5.74) is 0.262. The topological polar surface area (TPSA) is 77.4 Å². The Labute approximate surface area is 203 Å². The number of hydrogen-bond donors (Lipinski definition) is 1. The molecule has 4 rings (SSSR count). The highest BCUT2D eigenvalue weighted by Gasteiger charge is 2.42. The van der Waals surface area contributed by atoms with Crippen molar-refractivity contribution < 1.29 is 23.1 Å². The molecule has 1 aromatic heterocycles. The summed E-state index contributed by atoms with van der Waals surface area (Å²) in [4.78, 5) is 39.7. The van der Waals surface area contributed by atoms with Gasteiger partial charge in [-0.05, 0) is 67.9 Å². The minimum absolute atomic E-state index is 0.0425. The molecule has 2 aliphatic rings. The molecule has 2 aromatic rings. The smallest absolute Gasteiger partial charge is 0.331 e. The van der Waals surface area contributed by atoms with E-state index in [0.29, 0.717) is 31.2 Å². The van der Waals surface area contributed by atoms with Gasteiger partial charge in [0.2, 0.25) is 0 Å². The number of methoxy groups -OCH3 is 1. The van der Waals surface area contributed by atoms with Gasteiger partial charge in [0.1, 0.15) is 22.7 Å². The van der Waals surface area contributed by atoms with Gasteiger partial charge in [0, 0.05) is 11.8 Å². The summed E-state index contributed by atoms with van der Waals surface area (Å²) in [5, 5.41) is 2.84. The van der Waals surface area contributed by atoms with Gasteiger partial charge < -0.3 is 14.6 Å². The molecule has 0 spiro atoms. The van der Waals surface area contributed by atoms with Crippen LogP contribution in [0.1, 0.15) is 85.0 Å². The van der Waals surface area contributed by atoms with Crippen LogP contribution in [-0.2, 0) is 28.9 Å². The average molecular weight is 487 g/mol. The molecule has 2 aliphatic carbocycles. The number of aromatic nitrogens is 1. The first-order valence-electron chi connectivity index (χ1n) is 12.4. The van der Waals surface area contributed by atoms with E-state index in [4.69, 9.17) is 4.74 Å². The first-order valence-corrected chi connectivity index (χ1v) is 12.4. The lowest BCUT2D eigenvalue weighted by molar-refractivity contribution is -0.149. The largest absolute Gasteiger partial charge is 0.467 e. The molecule has 0 unspecified atom stereocenters. The lowest BCUT2D eigenvalue weighted by Gasteiger charge is -2.35. The maximum absolute atomic E-state index is 13.9. The number of carbonyl (C=O) groups excluding carboxylic acids is 2. The molecule has 1 N–H and O–H groups in total. The molecule has 1 amide bonds. The highest BCUT2D eigenvalue weighted by atomic mass is 19.1. The number of esters is 1. The van der Waals surface area contributed by atoms with E-state index in [0.717, 1.165) is 62.3 Å². The van der Waals surface area contributed by atoms with Crippen molar-refractivity contribution in [1.29, 1.82) is 0 Å². The van der Waals surface area contributed by atoms with Crippen LogP contribution in [0.25, 0.3) is 0 Å². The lowest BCUT2D eigenvalue weighted by atomic mass is 9.81. The Morgan fingerprint density at radius 2 is 1.57 bits per heavy atom. The number of aryl methyl sites for hydroxylation is 1. The lowest BCUT2D eigenvalue weighted by Crippen LogP contribution is -2.57. The van der Waals surface area contributed by atoms with Gasteiger partial charge in [-0.25, -0.2) is 13.6 Å². The predicted octanol–water partition coefficient (Wildman–Crippen LogP) is 4.44. The van der Waals surface area contributed by atoms with Crippen molar-refractivity contribution >= 4 is 11.9 Å². The number of halogens is 2. The summed E-state index contributed by atoms with van der Waals surface area (Å²) in [6.07, 6.45) is 8.67. The fourth-order valence-corrected chi connectivity index (χ4v) is 5.46. The predicted molar refractivity (Wildman–Crippen MR) is 127 cm³/mol. The van der Waals surface area contributed by atoms with Crippen LogP contribution < -0.4 is 10.9 Å². The van der Waals surface area contributed by atoms with Gasteiger partial charge in [-0.3, -0.25) is 9.59 Å². The molecule has 1 fully saturated rings. The van der Waals surface area contributed by atoms with E-state index >= 15 is 0 Å². The molecule has 0 aliphatic heterocycles. The fraction of sp³-hybridized carbons (Fsp3) is 0.519. The maximum Gasteiger partial charge on any atom is 0.331 e. The number of amides is 1. The molecular weight excluding hydrogens is 454 g/mol. The number of hydrogen-bond acceptors (Lipinski definition) is 4. The Balaban J connectivity index is 1.77. The van der Waals surface area contributed by atoms with Crippen LogP contribution in [0.15, 0.2) is 29.1 Å². The fourth-order valence-electron chi connectivity index (χ4n) is 5.46. The molecule has 8 heteroatoms. The molecule has 0 radical (unpaired) electrons. The highest BCUT2D eigenvalue weighted by molar-refractivity contribution is 5.98. The summed E-state index contributed by atoms with van der Waals surface area (Å²) in [6.45, 7) is -0.0425. The zero-order valence-corrected chi connectivity index (χ0v) is 20.1. The molecule has 0 atom stereocenters. The van der Waals surface area contributed by atoms with Crippen LogP contribution in [0.4, 0.5) is 8.78 Å². The second kappa shape index (κ2) is 10.7. The van der Waals surface area contributed by atoms with Gasteiger partial charge in [0.25, 0.3) is 11.5 Å². The van der Waals surface area contributed by atoms with Gasteiger partial charge in [-0.15, -0.1) is 0 Å². The van der Waals surface area contributed by atoms with Crippen LogP contribution in [0, 0.1) is 11.6 Å². The third-order valence-electron chi connectivity index (χ3n) is 7.24. The summed E-state index contributed by atoms with van der Waals surface area (Å²) in [6, 6.07) is 4.84. The maximum atomic E-state index is 13.9. The standard InChI is InChI=1S/C27H32F2N2O4/c1-35-26(34)27(11-7-4-8-12-27)30-24(32)22-15-19-9-5-2-3-6-10-23(19)31(25(22)33)17-18-13-20(28)16-21(29)14-18/h13-16H,2-12,17H2,1H3,(H,30,32). The number of ether oxygens (including phenoxy) is 1. The Hall–Kier alpha value is -3.03. The SMILES string of the molecule is COC(=O)C1(NC(=O)c2cc3c(n(Cc4cc(F)cc(F)c4)c2=O)CCCCCC3)CCCCC1. The summed E-state index contributed by atoms with van der Waals surface area (Å²) in [5.74, 6) is -2.57. The van der Waals surface area contributed by atoms with Crippen molar-refractivity contribution in [2.45, 2.75) is 82.7 Å². The van der Waals surface area contributed by atoms with Crippen LogP contribution >= 0.6 is 0 Å². The number of benzene rings is 1. The van der Waals surface area contributed by atoms with Crippen LogP contribution in [0.3, 0.4) is 0 Å². The molecule has 188 valence electrons. The molecule has 0 bridgehead atoms. The van der Waals surface area contributed by atoms with Gasteiger partial charge in [0.15, 0.2) is 0 Å². The van der Waals surface area contributed by atoms with E-state index in [-0.39, 0.29) is 12.1 Å². The van der Waals surface area contributed by atoms with Crippen molar-refractivity contribution in [3.63, 3.8) is 0 Å². The third kappa shape index (κ3) is 5.46. The second-order valence-electron chi connectivity index (χ2n) is 9.70. The van der Waals surface area contributed by atoms with E-state index in [1.165, 1.54) is 23.8 Å². The Kier molecular flexibility index (Phi) is 7.67. The van der Waals surface area contributed by atoms with Gasteiger partial charge >= 0.3 is 5.97 Å². The molecule has 0 saturated heterocycles. The van der Waals surface area contributed by atoms with E-state index in [1.54, 1.807) is 6.07 Å². The number of rotatable bonds is 5. The highest BCUT2D eigenvalue weighted by Crippen LogP contribution is 2.30. The molecule has 6 nitrogen and oxygen atoms in total. The Bertz CT molecular complexity index is 1150. The van der Waals surface area contributed by atoms with Gasteiger partial charge in [0.05, 0.1) is 13.7 Å². The summed E-state index contributed by atoms with van der Waals surface area (Å²) >= 11 is 0. The van der Waals surface area contributed by atoms with Crippen molar-refractivity contribution in [2.75, 3.05) is 7.11 Å². The van der Waals surface area contributed by atoms with E-state index < -0.39 is 34.6 Å². The quantitative estimate of drug-likeness (QED) is 0.634. The zero-order chi connectivity index (χ0) is 25.0. The number of nitrogens with zero attached hydrogens (tertiary/aromatic N) is 1. The molecule has 35 heavy (non-hydrogen) atoms. The van der Waals surface area contributed by atoms with Crippen LogP contribution in [0.2, 0.25) is 0 Å². The molecule has 1 aromatic carbocycles. The Morgan fingerprint density at radius 1 is 0.943 bits per heavy atom.